The fourth-order valence-electron chi connectivity index (χ4n) is 3.25. The van der Waals surface area contributed by atoms with Crippen molar-refractivity contribution in [3.63, 3.8) is 0 Å². The van der Waals surface area contributed by atoms with Gasteiger partial charge in [0.05, 0.1) is 6.10 Å². The number of hydrogen-bond donors (Lipinski definition) is 1. The van der Waals surface area contributed by atoms with Crippen molar-refractivity contribution in [3.8, 4) is 0 Å². The molecule has 6 heteroatoms. The molecular weight excluding hydrogens is 304 g/mol. The smallest absolute Gasteiger partial charge is 0.278 e. The van der Waals surface area contributed by atoms with Crippen molar-refractivity contribution in [3.05, 3.63) is 47.7 Å². The van der Waals surface area contributed by atoms with Gasteiger partial charge in [0.1, 0.15) is 5.82 Å². The Bertz CT molecular complexity index is 726. The van der Waals surface area contributed by atoms with E-state index < -0.39 is 0 Å². The summed E-state index contributed by atoms with van der Waals surface area (Å²) in [4.78, 5) is 14.4. The van der Waals surface area contributed by atoms with Crippen molar-refractivity contribution in [1.29, 1.82) is 0 Å². The molecule has 0 bridgehead atoms. The molecule has 24 heavy (non-hydrogen) atoms. The molecule has 1 N–H and O–H groups in total. The molecule has 1 aromatic carbocycles. The van der Waals surface area contributed by atoms with Crippen LogP contribution < -0.4 is 10.2 Å². The Morgan fingerprint density at radius 3 is 2.96 bits per heavy atom. The molecule has 1 amide bonds. The third-order valence-corrected chi connectivity index (χ3v) is 4.55. The van der Waals surface area contributed by atoms with Crippen LogP contribution >= 0.6 is 0 Å². The minimum absolute atomic E-state index is 0.0990. The van der Waals surface area contributed by atoms with Gasteiger partial charge in [0.25, 0.3) is 5.91 Å². The molecule has 1 unspecified atom stereocenters. The first-order valence-corrected chi connectivity index (χ1v) is 8.40. The number of rotatable bonds is 4. The molecule has 0 spiro atoms. The van der Waals surface area contributed by atoms with Gasteiger partial charge in [-0.05, 0) is 43.0 Å². The molecule has 1 saturated heterocycles. The number of carbonyl (C=O) groups excluding carboxylic acids is 1. The number of ether oxygens (including phenoxy) is 1. The first kappa shape index (κ1) is 15.1. The SMILES string of the molecule is O=C(c1ccc(NCC2CCCO2)nn1)N1CCc2ccccc21. The number of aromatic nitrogens is 2. The van der Waals surface area contributed by atoms with Gasteiger partial charge in [-0.2, -0.15) is 0 Å². The van der Waals surface area contributed by atoms with Crippen LogP contribution in [0.2, 0.25) is 0 Å². The maximum Gasteiger partial charge on any atom is 0.278 e. The Kier molecular flexibility index (Phi) is 4.13. The lowest BCUT2D eigenvalue weighted by molar-refractivity contribution is 0.0983. The van der Waals surface area contributed by atoms with Gasteiger partial charge >= 0.3 is 0 Å². The molecule has 6 nitrogen and oxygen atoms in total. The molecular formula is C18H20N4O2. The monoisotopic (exact) mass is 324 g/mol. The predicted molar refractivity (Wildman–Crippen MR) is 91.3 cm³/mol. The summed E-state index contributed by atoms with van der Waals surface area (Å²) >= 11 is 0. The lowest BCUT2D eigenvalue weighted by Gasteiger charge is -2.16. The lowest BCUT2D eigenvalue weighted by atomic mass is 10.2. The number of nitrogens with one attached hydrogen (secondary N) is 1. The van der Waals surface area contributed by atoms with E-state index in [0.29, 0.717) is 18.1 Å². The van der Waals surface area contributed by atoms with E-state index in [1.54, 1.807) is 17.0 Å². The van der Waals surface area contributed by atoms with Gasteiger partial charge in [-0.3, -0.25) is 4.79 Å². The zero-order valence-corrected chi connectivity index (χ0v) is 13.4. The van der Waals surface area contributed by atoms with E-state index in [4.69, 9.17) is 4.74 Å². The van der Waals surface area contributed by atoms with Crippen LogP contribution in [0.3, 0.4) is 0 Å². The average Bonchev–Trinajstić information content (AvgIpc) is 3.29. The number of nitrogens with zero attached hydrogens (tertiary/aromatic N) is 3. The predicted octanol–water partition coefficient (Wildman–Crippen LogP) is 2.27. The van der Waals surface area contributed by atoms with Gasteiger partial charge in [-0.25, -0.2) is 0 Å². The quantitative estimate of drug-likeness (QED) is 0.934. The van der Waals surface area contributed by atoms with Crippen LogP contribution in [-0.4, -0.2) is 41.9 Å². The van der Waals surface area contributed by atoms with Gasteiger partial charge in [-0.15, -0.1) is 10.2 Å². The number of hydrogen-bond acceptors (Lipinski definition) is 5. The molecule has 2 aromatic rings. The van der Waals surface area contributed by atoms with Crippen molar-refractivity contribution in [2.45, 2.75) is 25.4 Å². The first-order chi connectivity index (χ1) is 11.8. The largest absolute Gasteiger partial charge is 0.376 e. The van der Waals surface area contributed by atoms with Gasteiger partial charge in [0.2, 0.25) is 0 Å². The summed E-state index contributed by atoms with van der Waals surface area (Å²) in [5.74, 6) is 0.571. The summed E-state index contributed by atoms with van der Waals surface area (Å²) in [6, 6.07) is 11.5. The van der Waals surface area contributed by atoms with Crippen molar-refractivity contribution in [2.75, 3.05) is 29.9 Å². The molecule has 2 aliphatic heterocycles. The fraction of sp³-hybridized carbons (Fsp3) is 0.389. The van der Waals surface area contributed by atoms with Gasteiger partial charge in [-0.1, -0.05) is 18.2 Å². The average molecular weight is 324 g/mol. The number of amides is 1. The van der Waals surface area contributed by atoms with Crippen molar-refractivity contribution >= 4 is 17.4 Å². The van der Waals surface area contributed by atoms with Crippen LogP contribution in [0.1, 0.15) is 28.9 Å². The van der Waals surface area contributed by atoms with E-state index in [1.165, 1.54) is 5.56 Å². The third-order valence-electron chi connectivity index (χ3n) is 4.55. The topological polar surface area (TPSA) is 67.3 Å². The molecule has 3 heterocycles. The van der Waals surface area contributed by atoms with Crippen molar-refractivity contribution in [1.82, 2.24) is 10.2 Å². The first-order valence-electron chi connectivity index (χ1n) is 8.40. The van der Waals surface area contributed by atoms with Crippen LogP contribution in [0.4, 0.5) is 11.5 Å². The van der Waals surface area contributed by atoms with Crippen LogP contribution in [0.15, 0.2) is 36.4 Å². The Labute approximate surface area is 140 Å². The molecule has 0 aliphatic carbocycles. The molecule has 4 rings (SSSR count). The van der Waals surface area contributed by atoms with Crippen LogP contribution in [-0.2, 0) is 11.2 Å². The van der Waals surface area contributed by atoms with E-state index in [1.807, 2.05) is 18.2 Å². The standard InChI is InChI=1S/C18H20N4O2/c23-18(22-10-9-13-4-1-2-6-16(13)22)15-7-8-17(21-20-15)19-12-14-5-3-11-24-14/h1-2,4,6-8,14H,3,5,9-12H2,(H,19,21). The fourth-order valence-corrected chi connectivity index (χ4v) is 3.25. The molecule has 1 fully saturated rings. The normalized spacial score (nSPS) is 19.3. The van der Waals surface area contributed by atoms with E-state index in [0.717, 1.165) is 38.1 Å². The third kappa shape index (κ3) is 2.97. The van der Waals surface area contributed by atoms with E-state index >= 15 is 0 Å². The van der Waals surface area contributed by atoms with Gasteiger partial charge in [0.15, 0.2) is 5.69 Å². The Morgan fingerprint density at radius 1 is 1.25 bits per heavy atom. The number of benzene rings is 1. The van der Waals surface area contributed by atoms with Gasteiger partial charge < -0.3 is 15.0 Å². The van der Waals surface area contributed by atoms with E-state index in [-0.39, 0.29) is 12.0 Å². The molecule has 0 saturated carbocycles. The Morgan fingerprint density at radius 2 is 2.17 bits per heavy atom. The zero-order valence-electron chi connectivity index (χ0n) is 13.4. The van der Waals surface area contributed by atoms with Crippen LogP contribution in [0.5, 0.6) is 0 Å². The van der Waals surface area contributed by atoms with Crippen molar-refractivity contribution < 1.29 is 9.53 Å². The zero-order chi connectivity index (χ0) is 16.4. The second kappa shape index (κ2) is 6.57. The minimum atomic E-state index is -0.0990. The Balaban J connectivity index is 1.42. The highest BCUT2D eigenvalue weighted by Crippen LogP contribution is 2.28. The minimum Gasteiger partial charge on any atom is -0.376 e. The maximum atomic E-state index is 12.7. The number of para-hydroxylation sites is 1. The van der Waals surface area contributed by atoms with E-state index in [2.05, 4.69) is 21.6 Å². The summed E-state index contributed by atoms with van der Waals surface area (Å²) in [7, 11) is 0. The van der Waals surface area contributed by atoms with Crippen LogP contribution in [0.25, 0.3) is 0 Å². The van der Waals surface area contributed by atoms with Crippen molar-refractivity contribution in [2.24, 2.45) is 0 Å². The highest BCUT2D eigenvalue weighted by atomic mass is 16.5. The molecule has 0 radical (unpaired) electrons. The summed E-state index contributed by atoms with van der Waals surface area (Å²) in [5, 5.41) is 11.4. The maximum absolute atomic E-state index is 12.7. The summed E-state index contributed by atoms with van der Waals surface area (Å²) in [6.45, 7) is 2.25. The second-order valence-corrected chi connectivity index (χ2v) is 6.16. The number of fused-ring (bicyclic) bond motifs is 1. The summed E-state index contributed by atoms with van der Waals surface area (Å²) in [6.07, 6.45) is 3.32. The molecule has 2 aliphatic rings. The Hall–Kier alpha value is -2.47. The number of carbonyl (C=O) groups is 1. The highest BCUT2D eigenvalue weighted by Gasteiger charge is 2.26. The highest BCUT2D eigenvalue weighted by molar-refractivity contribution is 6.06. The summed E-state index contributed by atoms with van der Waals surface area (Å²) < 4.78 is 5.57. The summed E-state index contributed by atoms with van der Waals surface area (Å²) in [5.41, 5.74) is 2.55. The van der Waals surface area contributed by atoms with Crippen LogP contribution in [0, 0.1) is 0 Å². The lowest BCUT2D eigenvalue weighted by Crippen LogP contribution is -2.30. The van der Waals surface area contributed by atoms with E-state index in [9.17, 15) is 4.79 Å². The molecule has 124 valence electrons. The number of anilines is 2. The van der Waals surface area contributed by atoms with Gasteiger partial charge in [0, 0.05) is 25.4 Å². The molecule has 1 aromatic heterocycles. The molecule has 1 atom stereocenters. The second-order valence-electron chi connectivity index (χ2n) is 6.16.